The van der Waals surface area contributed by atoms with Crippen LogP contribution in [0.15, 0.2) is 0 Å². The molecule has 0 heterocycles. The first-order valence-corrected chi connectivity index (χ1v) is 7.06. The summed E-state index contributed by atoms with van der Waals surface area (Å²) in [7, 11) is 1.20. The van der Waals surface area contributed by atoms with Crippen molar-refractivity contribution in [1.82, 2.24) is 4.90 Å². The molecule has 0 aromatic carbocycles. The number of hydrogen-bond donors (Lipinski definition) is 0. The fourth-order valence-electron chi connectivity index (χ4n) is 1.49. The van der Waals surface area contributed by atoms with Crippen molar-refractivity contribution in [2.45, 2.75) is 20.3 Å². The maximum Gasteiger partial charge on any atom is 0.344 e. The van der Waals surface area contributed by atoms with Gasteiger partial charge in [-0.3, -0.25) is 19.3 Å². The number of carbonyl (C=O) groups excluding carboxylic acids is 4. The van der Waals surface area contributed by atoms with Crippen LogP contribution in [-0.4, -0.2) is 75.3 Å². The molecule has 0 bridgehead atoms. The maximum absolute atomic E-state index is 11.5. The van der Waals surface area contributed by atoms with Crippen LogP contribution < -0.4 is 0 Å². The molecule has 0 aliphatic carbocycles. The van der Waals surface area contributed by atoms with Gasteiger partial charge in [-0.05, 0) is 0 Å². The van der Waals surface area contributed by atoms with Gasteiger partial charge in [0.25, 0.3) is 0 Å². The molecule has 0 aliphatic heterocycles. The first kappa shape index (κ1) is 20.8. The van der Waals surface area contributed by atoms with Gasteiger partial charge in [0.2, 0.25) is 0 Å². The summed E-state index contributed by atoms with van der Waals surface area (Å²) in [4.78, 5) is 45.6. The van der Waals surface area contributed by atoms with Crippen molar-refractivity contribution in [3.63, 3.8) is 0 Å². The van der Waals surface area contributed by atoms with Gasteiger partial charge < -0.3 is 18.9 Å². The highest BCUT2D eigenvalue weighted by atomic mass is 16.6. The number of methoxy groups -OCH3 is 1. The summed E-state index contributed by atoms with van der Waals surface area (Å²) in [6, 6.07) is 0. The zero-order chi connectivity index (χ0) is 17.7. The lowest BCUT2D eigenvalue weighted by molar-refractivity contribution is -0.157. The van der Waals surface area contributed by atoms with Gasteiger partial charge in [0.1, 0.15) is 13.2 Å². The molecular formula is C14H23NO8. The predicted molar refractivity (Wildman–Crippen MR) is 77.3 cm³/mol. The summed E-state index contributed by atoms with van der Waals surface area (Å²) in [6.45, 7) is 3.55. The van der Waals surface area contributed by atoms with E-state index in [1.165, 1.54) is 21.0 Å². The third-order valence-electron chi connectivity index (χ3n) is 2.64. The second-order valence-corrected chi connectivity index (χ2v) is 4.51. The molecule has 0 fully saturated rings. The van der Waals surface area contributed by atoms with Crippen LogP contribution >= 0.6 is 0 Å². The smallest absolute Gasteiger partial charge is 0.344 e. The Kier molecular flexibility index (Phi) is 11.2. The lowest BCUT2D eigenvalue weighted by atomic mass is 10.3. The molecule has 0 aromatic rings. The number of nitrogens with zero attached hydrogens (tertiary/aromatic N) is 1. The van der Waals surface area contributed by atoms with Crippen LogP contribution in [0.3, 0.4) is 0 Å². The summed E-state index contributed by atoms with van der Waals surface area (Å²) in [6.07, 6.45) is 0.0388. The molecule has 0 saturated heterocycles. The van der Waals surface area contributed by atoms with Gasteiger partial charge in [0.15, 0.2) is 6.61 Å². The maximum atomic E-state index is 11.5. The minimum atomic E-state index is -0.639. The van der Waals surface area contributed by atoms with Crippen LogP contribution in [0.5, 0.6) is 0 Å². The molecule has 0 unspecified atom stereocenters. The summed E-state index contributed by atoms with van der Waals surface area (Å²) in [5.41, 5.74) is 0. The minimum absolute atomic E-state index is 0.0388. The van der Waals surface area contributed by atoms with E-state index in [0.29, 0.717) is 19.6 Å². The fourth-order valence-corrected chi connectivity index (χ4v) is 1.49. The highest BCUT2D eigenvalue weighted by Gasteiger charge is 2.12. The van der Waals surface area contributed by atoms with E-state index in [0.717, 1.165) is 0 Å². The molecule has 0 saturated carbocycles. The minimum Gasteiger partial charge on any atom is -0.466 e. The van der Waals surface area contributed by atoms with Crippen molar-refractivity contribution in [3.8, 4) is 0 Å². The van der Waals surface area contributed by atoms with Crippen molar-refractivity contribution in [1.29, 1.82) is 0 Å². The van der Waals surface area contributed by atoms with E-state index in [4.69, 9.17) is 14.2 Å². The molecule has 0 aromatic heterocycles. The van der Waals surface area contributed by atoms with Gasteiger partial charge in [-0.15, -0.1) is 0 Å². The summed E-state index contributed by atoms with van der Waals surface area (Å²) >= 11 is 0. The largest absolute Gasteiger partial charge is 0.466 e. The quantitative estimate of drug-likeness (QED) is 0.366. The zero-order valence-corrected chi connectivity index (χ0v) is 13.7. The van der Waals surface area contributed by atoms with E-state index >= 15 is 0 Å². The molecule has 132 valence electrons. The predicted octanol–water partition coefficient (Wildman–Crippen LogP) is -0.479. The Hall–Kier alpha value is -2.16. The van der Waals surface area contributed by atoms with E-state index < -0.39 is 30.5 Å². The average molecular weight is 333 g/mol. The number of esters is 4. The third kappa shape index (κ3) is 13.2. The standard InChI is InChI=1S/C14H23NO8/c1-11(16)21-8-6-15(7-9-22-12(2)17)5-4-13(18)23-10-14(19)20-3/h4-10H2,1-3H3. The molecule has 0 spiro atoms. The van der Waals surface area contributed by atoms with Crippen LogP contribution in [0.4, 0.5) is 0 Å². The van der Waals surface area contributed by atoms with Gasteiger partial charge in [-0.1, -0.05) is 0 Å². The highest BCUT2D eigenvalue weighted by Crippen LogP contribution is 1.96. The monoisotopic (exact) mass is 333 g/mol. The number of carbonyl (C=O) groups is 4. The van der Waals surface area contributed by atoms with Gasteiger partial charge in [-0.25, -0.2) is 4.79 Å². The van der Waals surface area contributed by atoms with Crippen LogP contribution in [-0.2, 0) is 38.1 Å². The van der Waals surface area contributed by atoms with Crippen molar-refractivity contribution in [2.75, 3.05) is 46.6 Å². The third-order valence-corrected chi connectivity index (χ3v) is 2.64. The Morgan fingerprint density at radius 3 is 1.74 bits per heavy atom. The van der Waals surface area contributed by atoms with Crippen molar-refractivity contribution >= 4 is 23.9 Å². The van der Waals surface area contributed by atoms with Gasteiger partial charge in [0.05, 0.1) is 13.5 Å². The topological polar surface area (TPSA) is 108 Å². The molecule has 9 heteroatoms. The molecule has 0 radical (unpaired) electrons. The molecule has 0 rings (SSSR count). The van der Waals surface area contributed by atoms with Crippen LogP contribution in [0.1, 0.15) is 20.3 Å². The summed E-state index contributed by atoms with van der Waals surface area (Å²) in [5, 5.41) is 0. The zero-order valence-electron chi connectivity index (χ0n) is 13.7. The molecule has 23 heavy (non-hydrogen) atoms. The van der Waals surface area contributed by atoms with Crippen LogP contribution in [0.25, 0.3) is 0 Å². The first-order valence-electron chi connectivity index (χ1n) is 7.06. The Balaban J connectivity index is 4.15. The van der Waals surface area contributed by atoms with E-state index in [1.54, 1.807) is 4.90 Å². The highest BCUT2D eigenvalue weighted by molar-refractivity contribution is 5.76. The number of ether oxygens (including phenoxy) is 4. The molecule has 0 atom stereocenters. The number of rotatable bonds is 11. The second-order valence-electron chi connectivity index (χ2n) is 4.51. The van der Waals surface area contributed by atoms with Gasteiger partial charge in [-0.2, -0.15) is 0 Å². The van der Waals surface area contributed by atoms with E-state index in [-0.39, 0.29) is 19.6 Å². The van der Waals surface area contributed by atoms with Crippen molar-refractivity contribution < 1.29 is 38.1 Å². The molecule has 0 aliphatic rings. The Morgan fingerprint density at radius 1 is 0.783 bits per heavy atom. The average Bonchev–Trinajstić information content (AvgIpc) is 2.48. The Labute approximate surface area is 134 Å². The summed E-state index contributed by atoms with van der Waals surface area (Å²) < 4.78 is 18.7. The Bertz CT molecular complexity index is 390. The molecule has 9 nitrogen and oxygen atoms in total. The lowest BCUT2D eigenvalue weighted by Crippen LogP contribution is -2.34. The molecule has 0 N–H and O–H groups in total. The normalized spacial score (nSPS) is 10.1. The fraction of sp³-hybridized carbons (Fsp3) is 0.714. The lowest BCUT2D eigenvalue weighted by Gasteiger charge is -2.21. The second kappa shape index (κ2) is 12.4. The summed E-state index contributed by atoms with van der Waals surface area (Å²) in [5.74, 6) is -2.00. The molecule has 0 amide bonds. The van der Waals surface area contributed by atoms with Crippen molar-refractivity contribution in [2.24, 2.45) is 0 Å². The van der Waals surface area contributed by atoms with Crippen molar-refractivity contribution in [3.05, 3.63) is 0 Å². The van der Waals surface area contributed by atoms with Crippen LogP contribution in [0.2, 0.25) is 0 Å². The van der Waals surface area contributed by atoms with E-state index in [9.17, 15) is 19.2 Å². The first-order chi connectivity index (χ1) is 10.8. The van der Waals surface area contributed by atoms with Gasteiger partial charge in [0, 0.05) is 33.5 Å². The Morgan fingerprint density at radius 2 is 1.30 bits per heavy atom. The van der Waals surface area contributed by atoms with E-state index in [1.807, 2.05) is 0 Å². The van der Waals surface area contributed by atoms with E-state index in [2.05, 4.69) is 4.74 Å². The SMILES string of the molecule is COC(=O)COC(=O)CCN(CCOC(C)=O)CCOC(C)=O. The van der Waals surface area contributed by atoms with Crippen LogP contribution in [0, 0.1) is 0 Å². The molecular weight excluding hydrogens is 310 g/mol. The van der Waals surface area contributed by atoms with Gasteiger partial charge >= 0.3 is 23.9 Å². The number of hydrogen-bond acceptors (Lipinski definition) is 9.